The molecule has 0 spiro atoms. The number of guanidine groups is 1. The molecule has 1 aromatic carbocycles. The van der Waals surface area contributed by atoms with Crippen LogP contribution < -0.4 is 10.6 Å². The van der Waals surface area contributed by atoms with Crippen LogP contribution in [0, 0.1) is 5.92 Å². The molecular weight excluding hydrogens is 314 g/mol. The SMILES string of the molecule is CCNC(=NCc1ccc(COC2CCOCC2)cc1)NCC(C)C. The van der Waals surface area contributed by atoms with Gasteiger partial charge in [-0.15, -0.1) is 0 Å². The molecule has 1 heterocycles. The van der Waals surface area contributed by atoms with Crippen LogP contribution >= 0.6 is 0 Å². The molecule has 0 bridgehead atoms. The van der Waals surface area contributed by atoms with Gasteiger partial charge in [0.1, 0.15) is 0 Å². The van der Waals surface area contributed by atoms with Crippen molar-refractivity contribution in [3.05, 3.63) is 35.4 Å². The van der Waals surface area contributed by atoms with E-state index in [2.05, 4.69) is 60.7 Å². The van der Waals surface area contributed by atoms with E-state index in [-0.39, 0.29) is 0 Å². The molecule has 5 heteroatoms. The Hall–Kier alpha value is -1.59. The van der Waals surface area contributed by atoms with Crippen molar-refractivity contribution in [2.24, 2.45) is 10.9 Å². The van der Waals surface area contributed by atoms with Gasteiger partial charge in [0.2, 0.25) is 0 Å². The van der Waals surface area contributed by atoms with Gasteiger partial charge in [0.05, 0.1) is 19.3 Å². The Balaban J connectivity index is 1.80. The number of nitrogens with one attached hydrogen (secondary N) is 2. The largest absolute Gasteiger partial charge is 0.381 e. The molecule has 5 nitrogen and oxygen atoms in total. The molecule has 0 saturated carbocycles. The van der Waals surface area contributed by atoms with Crippen LogP contribution in [0.5, 0.6) is 0 Å². The zero-order valence-electron chi connectivity index (χ0n) is 15.9. The van der Waals surface area contributed by atoms with Gasteiger partial charge in [-0.3, -0.25) is 0 Å². The van der Waals surface area contributed by atoms with Gasteiger partial charge in [0.25, 0.3) is 0 Å². The third-order valence-corrected chi connectivity index (χ3v) is 4.12. The van der Waals surface area contributed by atoms with E-state index in [9.17, 15) is 0 Å². The predicted octanol–water partition coefficient (Wildman–Crippen LogP) is 3.09. The maximum atomic E-state index is 5.97. The van der Waals surface area contributed by atoms with Gasteiger partial charge >= 0.3 is 0 Å². The van der Waals surface area contributed by atoms with E-state index < -0.39 is 0 Å². The Labute approximate surface area is 152 Å². The van der Waals surface area contributed by atoms with Crippen molar-refractivity contribution in [2.45, 2.75) is 52.9 Å². The second-order valence-corrected chi connectivity index (χ2v) is 6.91. The summed E-state index contributed by atoms with van der Waals surface area (Å²) < 4.78 is 11.3. The van der Waals surface area contributed by atoms with Gasteiger partial charge in [0.15, 0.2) is 5.96 Å². The third kappa shape index (κ3) is 7.88. The molecule has 1 fully saturated rings. The maximum Gasteiger partial charge on any atom is 0.191 e. The van der Waals surface area contributed by atoms with E-state index in [1.54, 1.807) is 0 Å². The van der Waals surface area contributed by atoms with E-state index >= 15 is 0 Å². The average molecular weight is 348 g/mol. The predicted molar refractivity (Wildman–Crippen MR) is 103 cm³/mol. The van der Waals surface area contributed by atoms with Crippen LogP contribution in [0.4, 0.5) is 0 Å². The zero-order valence-corrected chi connectivity index (χ0v) is 15.9. The number of rotatable bonds is 8. The zero-order chi connectivity index (χ0) is 17.9. The molecule has 0 atom stereocenters. The molecule has 140 valence electrons. The number of hydrogen-bond donors (Lipinski definition) is 2. The molecule has 0 unspecified atom stereocenters. The fraction of sp³-hybridized carbons (Fsp3) is 0.650. The lowest BCUT2D eigenvalue weighted by Crippen LogP contribution is -2.39. The number of ether oxygens (including phenoxy) is 2. The molecule has 2 N–H and O–H groups in total. The minimum absolute atomic E-state index is 0.340. The second-order valence-electron chi connectivity index (χ2n) is 6.91. The van der Waals surface area contributed by atoms with Gasteiger partial charge in [-0.2, -0.15) is 0 Å². The van der Waals surface area contributed by atoms with Crippen LogP contribution in [0.15, 0.2) is 29.3 Å². The molecule has 2 rings (SSSR count). The van der Waals surface area contributed by atoms with E-state index in [0.29, 0.717) is 25.2 Å². The first-order valence-electron chi connectivity index (χ1n) is 9.46. The summed E-state index contributed by atoms with van der Waals surface area (Å²) in [5, 5.41) is 6.65. The molecule has 0 aliphatic carbocycles. The smallest absolute Gasteiger partial charge is 0.191 e. The fourth-order valence-corrected chi connectivity index (χ4v) is 2.61. The lowest BCUT2D eigenvalue weighted by molar-refractivity contribution is -0.0390. The van der Waals surface area contributed by atoms with Gasteiger partial charge in [-0.25, -0.2) is 4.99 Å². The van der Waals surface area contributed by atoms with E-state index in [0.717, 1.165) is 45.1 Å². The van der Waals surface area contributed by atoms with Crippen LogP contribution in [0.2, 0.25) is 0 Å². The Morgan fingerprint density at radius 2 is 1.84 bits per heavy atom. The number of benzene rings is 1. The Bertz CT molecular complexity index is 508. The van der Waals surface area contributed by atoms with Crippen molar-refractivity contribution in [1.29, 1.82) is 0 Å². The molecule has 0 amide bonds. The summed E-state index contributed by atoms with van der Waals surface area (Å²) in [5.41, 5.74) is 2.42. The molecule has 0 radical (unpaired) electrons. The molecule has 0 aromatic heterocycles. The highest BCUT2D eigenvalue weighted by Gasteiger charge is 2.13. The van der Waals surface area contributed by atoms with Crippen molar-refractivity contribution in [3.63, 3.8) is 0 Å². The van der Waals surface area contributed by atoms with Crippen molar-refractivity contribution < 1.29 is 9.47 Å². The summed E-state index contributed by atoms with van der Waals surface area (Å²) in [5.74, 6) is 1.47. The molecule has 1 aliphatic heterocycles. The van der Waals surface area contributed by atoms with Gasteiger partial charge < -0.3 is 20.1 Å². The summed E-state index contributed by atoms with van der Waals surface area (Å²) >= 11 is 0. The number of hydrogen-bond acceptors (Lipinski definition) is 3. The molecular formula is C20H33N3O2. The lowest BCUT2D eigenvalue weighted by Gasteiger charge is -2.22. The first-order valence-corrected chi connectivity index (χ1v) is 9.46. The first kappa shape index (κ1) is 19.7. The summed E-state index contributed by atoms with van der Waals surface area (Å²) in [6.45, 7) is 11.2. The van der Waals surface area contributed by atoms with E-state index in [1.807, 2.05) is 0 Å². The molecule has 25 heavy (non-hydrogen) atoms. The highest BCUT2D eigenvalue weighted by molar-refractivity contribution is 5.79. The van der Waals surface area contributed by atoms with Crippen molar-refractivity contribution in [3.8, 4) is 0 Å². The quantitative estimate of drug-likeness (QED) is 0.560. The Morgan fingerprint density at radius 3 is 2.48 bits per heavy atom. The topological polar surface area (TPSA) is 54.9 Å². The second kappa shape index (κ2) is 11.1. The van der Waals surface area contributed by atoms with Gasteiger partial charge in [-0.1, -0.05) is 38.1 Å². The van der Waals surface area contributed by atoms with Gasteiger partial charge in [-0.05, 0) is 36.8 Å². The average Bonchev–Trinajstić information content (AvgIpc) is 2.64. The highest BCUT2D eigenvalue weighted by Crippen LogP contribution is 2.14. The van der Waals surface area contributed by atoms with E-state index in [4.69, 9.17) is 9.47 Å². The minimum atomic E-state index is 0.340. The Kier molecular flexibility index (Phi) is 8.77. The normalized spacial score (nSPS) is 16.2. The monoisotopic (exact) mass is 347 g/mol. The minimum Gasteiger partial charge on any atom is -0.381 e. The lowest BCUT2D eigenvalue weighted by atomic mass is 10.1. The highest BCUT2D eigenvalue weighted by atomic mass is 16.5. The third-order valence-electron chi connectivity index (χ3n) is 4.12. The molecule has 1 aromatic rings. The summed E-state index contributed by atoms with van der Waals surface area (Å²) in [6.07, 6.45) is 2.35. The molecule has 1 saturated heterocycles. The maximum absolute atomic E-state index is 5.97. The number of nitrogens with zero attached hydrogens (tertiary/aromatic N) is 1. The van der Waals surface area contributed by atoms with Crippen LogP contribution in [-0.4, -0.2) is 38.4 Å². The summed E-state index contributed by atoms with van der Waals surface area (Å²) in [4.78, 5) is 4.65. The summed E-state index contributed by atoms with van der Waals surface area (Å²) in [7, 11) is 0. The van der Waals surface area contributed by atoms with Gasteiger partial charge in [0, 0.05) is 26.3 Å². The standard InChI is InChI=1S/C20H33N3O2/c1-4-21-20(22-13-16(2)3)23-14-17-5-7-18(8-6-17)15-25-19-9-11-24-12-10-19/h5-8,16,19H,4,9-15H2,1-3H3,(H2,21,22,23). The van der Waals surface area contributed by atoms with Crippen LogP contribution in [0.1, 0.15) is 44.7 Å². The van der Waals surface area contributed by atoms with Crippen molar-refractivity contribution >= 4 is 5.96 Å². The summed E-state index contributed by atoms with van der Waals surface area (Å²) in [6, 6.07) is 8.55. The van der Waals surface area contributed by atoms with Crippen LogP contribution in [0.25, 0.3) is 0 Å². The fourth-order valence-electron chi connectivity index (χ4n) is 2.61. The number of aliphatic imine (C=N–C) groups is 1. The van der Waals surface area contributed by atoms with Crippen molar-refractivity contribution in [2.75, 3.05) is 26.3 Å². The van der Waals surface area contributed by atoms with E-state index in [1.165, 1.54) is 11.1 Å². The Morgan fingerprint density at radius 1 is 1.16 bits per heavy atom. The van der Waals surface area contributed by atoms with Crippen molar-refractivity contribution in [1.82, 2.24) is 10.6 Å². The van der Waals surface area contributed by atoms with Crippen LogP contribution in [0.3, 0.4) is 0 Å². The first-order chi connectivity index (χ1) is 12.2. The molecule has 1 aliphatic rings. The van der Waals surface area contributed by atoms with Crippen LogP contribution in [-0.2, 0) is 22.6 Å².